The van der Waals surface area contributed by atoms with E-state index in [-0.39, 0.29) is 11.9 Å². The molecule has 1 amide bonds. The highest BCUT2D eigenvalue weighted by molar-refractivity contribution is 6.08. The van der Waals surface area contributed by atoms with Gasteiger partial charge in [-0.25, -0.2) is 5.43 Å². The number of hydrogen-bond acceptors (Lipinski definition) is 3. The third-order valence-corrected chi connectivity index (χ3v) is 4.44. The van der Waals surface area contributed by atoms with Gasteiger partial charge in [0.2, 0.25) is 5.96 Å². The van der Waals surface area contributed by atoms with Crippen molar-refractivity contribution in [1.29, 1.82) is 5.41 Å². The second kappa shape index (κ2) is 6.92. The van der Waals surface area contributed by atoms with E-state index in [4.69, 9.17) is 11.1 Å². The van der Waals surface area contributed by atoms with Gasteiger partial charge in [-0.3, -0.25) is 10.2 Å². The molecule has 0 unspecified atom stereocenters. The predicted octanol–water partition coefficient (Wildman–Crippen LogP) is 3.11. The Kier molecular flexibility index (Phi) is 4.29. The summed E-state index contributed by atoms with van der Waals surface area (Å²) < 4.78 is 0. The molecule has 0 atom stereocenters. The number of guanidine groups is 1. The van der Waals surface area contributed by atoms with E-state index in [0.29, 0.717) is 11.4 Å². The van der Waals surface area contributed by atoms with E-state index in [1.807, 2.05) is 55.6 Å². The molecule has 4 rings (SSSR count). The Bertz CT molecular complexity index is 1230. The number of carbonyl (C=O) groups excluding carboxylic acids is 1. The Labute approximate surface area is 160 Å². The van der Waals surface area contributed by atoms with Crippen LogP contribution < -0.4 is 16.5 Å². The average Bonchev–Trinajstić information content (AvgIpc) is 3.31. The smallest absolute Gasteiger partial charge is 0.272 e. The van der Waals surface area contributed by atoms with Crippen molar-refractivity contribution in [2.75, 3.05) is 5.32 Å². The molecule has 0 saturated heterocycles. The molecule has 8 heteroatoms. The summed E-state index contributed by atoms with van der Waals surface area (Å²) in [5, 5.41) is 16.1. The van der Waals surface area contributed by atoms with Crippen molar-refractivity contribution in [2.45, 2.75) is 6.92 Å². The zero-order chi connectivity index (χ0) is 19.7. The molecule has 0 bridgehead atoms. The number of benzene rings is 2. The predicted molar refractivity (Wildman–Crippen MR) is 112 cm³/mol. The number of fused-ring (bicyclic) bond motifs is 2. The van der Waals surface area contributed by atoms with Gasteiger partial charge in [0.1, 0.15) is 5.69 Å². The summed E-state index contributed by atoms with van der Waals surface area (Å²) in [4.78, 5) is 18.9. The molecular formula is C20H19N7O. The number of nitrogens with two attached hydrogens (primary N) is 1. The zero-order valence-corrected chi connectivity index (χ0v) is 15.1. The minimum atomic E-state index is -0.223. The number of nitrogens with one attached hydrogen (secondary N) is 5. The number of aromatic amines is 2. The lowest BCUT2D eigenvalue weighted by atomic mass is 10.1. The van der Waals surface area contributed by atoms with Gasteiger partial charge in [-0.05, 0) is 55.0 Å². The molecule has 0 saturated carbocycles. The van der Waals surface area contributed by atoms with Gasteiger partial charge >= 0.3 is 0 Å². The number of carbonyl (C=O) groups is 1. The maximum Gasteiger partial charge on any atom is 0.272 e. The van der Waals surface area contributed by atoms with E-state index >= 15 is 0 Å². The first-order valence-electron chi connectivity index (χ1n) is 8.65. The third kappa shape index (κ3) is 3.43. The van der Waals surface area contributed by atoms with Gasteiger partial charge in [0.05, 0.1) is 5.71 Å². The van der Waals surface area contributed by atoms with E-state index in [0.717, 1.165) is 33.1 Å². The van der Waals surface area contributed by atoms with Gasteiger partial charge < -0.3 is 21.0 Å². The van der Waals surface area contributed by atoms with Crippen LogP contribution in [0.15, 0.2) is 59.8 Å². The molecule has 0 aliphatic carbocycles. The van der Waals surface area contributed by atoms with Crippen LogP contribution in [0.4, 0.5) is 5.69 Å². The summed E-state index contributed by atoms with van der Waals surface area (Å²) in [6.07, 6.45) is 1.86. The van der Waals surface area contributed by atoms with E-state index < -0.39 is 0 Å². The first-order valence-corrected chi connectivity index (χ1v) is 8.65. The van der Waals surface area contributed by atoms with Crippen LogP contribution in [-0.4, -0.2) is 27.5 Å². The lowest BCUT2D eigenvalue weighted by Crippen LogP contribution is -2.26. The summed E-state index contributed by atoms with van der Waals surface area (Å²) in [5.41, 5.74) is 12.3. The molecule has 0 aliphatic rings. The number of hydrazone groups is 1. The Morgan fingerprint density at radius 3 is 2.71 bits per heavy atom. The van der Waals surface area contributed by atoms with Crippen LogP contribution in [0.1, 0.15) is 23.0 Å². The molecule has 4 aromatic rings. The third-order valence-electron chi connectivity index (χ3n) is 4.44. The minimum absolute atomic E-state index is 0.212. The van der Waals surface area contributed by atoms with E-state index in [1.165, 1.54) is 0 Å². The Balaban J connectivity index is 1.57. The SMILES string of the molecule is C/C(=N\NC(=N)N)c1ccc2[nH]c(C(=O)Nc3ccc4[nH]ccc4c3)cc2c1. The quantitative estimate of drug-likeness (QED) is 0.186. The number of aromatic nitrogens is 2. The molecule has 0 radical (unpaired) electrons. The fraction of sp³-hybridized carbons (Fsp3) is 0.0500. The van der Waals surface area contributed by atoms with Crippen molar-refractivity contribution >= 4 is 45.1 Å². The Hall–Kier alpha value is -4.07. The lowest BCUT2D eigenvalue weighted by molar-refractivity contribution is 0.102. The van der Waals surface area contributed by atoms with Crippen LogP contribution in [-0.2, 0) is 0 Å². The number of amides is 1. The normalized spacial score (nSPS) is 11.7. The second-order valence-electron chi connectivity index (χ2n) is 6.44. The topological polar surface area (TPSA) is 135 Å². The van der Waals surface area contributed by atoms with Gasteiger partial charge in [0.25, 0.3) is 5.91 Å². The minimum Gasteiger partial charge on any atom is -0.369 e. The molecule has 2 aromatic heterocycles. The average molecular weight is 373 g/mol. The molecule has 2 aromatic carbocycles. The highest BCUT2D eigenvalue weighted by Gasteiger charge is 2.11. The van der Waals surface area contributed by atoms with Crippen molar-refractivity contribution in [2.24, 2.45) is 10.8 Å². The number of hydrogen-bond donors (Lipinski definition) is 6. The molecule has 140 valence electrons. The zero-order valence-electron chi connectivity index (χ0n) is 15.1. The second-order valence-corrected chi connectivity index (χ2v) is 6.44. The number of nitrogens with zero attached hydrogens (tertiary/aromatic N) is 1. The monoisotopic (exact) mass is 373 g/mol. The Morgan fingerprint density at radius 1 is 1.07 bits per heavy atom. The fourth-order valence-electron chi connectivity index (χ4n) is 3.02. The van der Waals surface area contributed by atoms with Crippen molar-refractivity contribution in [3.05, 3.63) is 66.0 Å². The number of rotatable bonds is 4. The molecule has 0 aliphatic heterocycles. The van der Waals surface area contributed by atoms with Crippen LogP contribution in [0.2, 0.25) is 0 Å². The summed E-state index contributed by atoms with van der Waals surface area (Å²) in [6.45, 7) is 1.81. The molecule has 0 fully saturated rings. The largest absolute Gasteiger partial charge is 0.369 e. The first-order chi connectivity index (χ1) is 13.5. The number of H-pyrrole nitrogens is 2. The van der Waals surface area contributed by atoms with Crippen molar-refractivity contribution < 1.29 is 4.79 Å². The van der Waals surface area contributed by atoms with Gasteiger partial charge in [0.15, 0.2) is 0 Å². The number of anilines is 1. The first kappa shape index (κ1) is 17.3. The molecule has 8 nitrogen and oxygen atoms in total. The maximum absolute atomic E-state index is 12.6. The van der Waals surface area contributed by atoms with Crippen LogP contribution >= 0.6 is 0 Å². The van der Waals surface area contributed by atoms with Gasteiger partial charge in [-0.2, -0.15) is 5.10 Å². The highest BCUT2D eigenvalue weighted by Crippen LogP contribution is 2.21. The molecule has 7 N–H and O–H groups in total. The lowest BCUT2D eigenvalue weighted by Gasteiger charge is -2.03. The van der Waals surface area contributed by atoms with Gasteiger partial charge in [-0.15, -0.1) is 0 Å². The van der Waals surface area contributed by atoms with Crippen molar-refractivity contribution in [3.8, 4) is 0 Å². The van der Waals surface area contributed by atoms with Crippen LogP contribution in [0.5, 0.6) is 0 Å². The summed E-state index contributed by atoms with van der Waals surface area (Å²) in [7, 11) is 0. The Morgan fingerprint density at radius 2 is 1.89 bits per heavy atom. The molecule has 2 heterocycles. The molecular weight excluding hydrogens is 354 g/mol. The van der Waals surface area contributed by atoms with E-state index in [2.05, 4.69) is 25.8 Å². The summed E-state index contributed by atoms with van der Waals surface area (Å²) in [5.74, 6) is -0.435. The van der Waals surface area contributed by atoms with E-state index in [9.17, 15) is 4.79 Å². The van der Waals surface area contributed by atoms with Crippen molar-refractivity contribution in [3.63, 3.8) is 0 Å². The van der Waals surface area contributed by atoms with E-state index in [1.54, 1.807) is 6.07 Å². The van der Waals surface area contributed by atoms with Crippen LogP contribution in [0, 0.1) is 5.41 Å². The van der Waals surface area contributed by atoms with Crippen molar-refractivity contribution in [1.82, 2.24) is 15.4 Å². The standard InChI is InChI=1S/C20H19N7O/c1-11(26-27-20(21)22)12-2-4-17-14(8-12)10-18(25-17)19(28)24-15-3-5-16-13(9-15)6-7-23-16/h2-10,23,25H,1H3,(H,24,28)(H4,21,22,27)/b26-11+. The summed E-state index contributed by atoms with van der Waals surface area (Å²) >= 11 is 0. The van der Waals surface area contributed by atoms with Crippen LogP contribution in [0.3, 0.4) is 0 Å². The summed E-state index contributed by atoms with van der Waals surface area (Å²) in [6, 6.07) is 15.2. The van der Waals surface area contributed by atoms with Gasteiger partial charge in [0, 0.05) is 33.7 Å². The molecule has 28 heavy (non-hydrogen) atoms. The van der Waals surface area contributed by atoms with Crippen LogP contribution in [0.25, 0.3) is 21.8 Å². The highest BCUT2D eigenvalue weighted by atomic mass is 16.1. The fourth-order valence-corrected chi connectivity index (χ4v) is 3.02. The van der Waals surface area contributed by atoms with Gasteiger partial charge in [-0.1, -0.05) is 6.07 Å². The molecule has 0 spiro atoms. The maximum atomic E-state index is 12.6.